The first-order valence-corrected chi connectivity index (χ1v) is 5.75. The van der Waals surface area contributed by atoms with Gasteiger partial charge in [0.25, 0.3) is 5.91 Å². The Hall–Kier alpha value is -1.40. The van der Waals surface area contributed by atoms with Crippen LogP contribution < -0.4 is 0 Å². The zero-order chi connectivity index (χ0) is 11.7. The third kappa shape index (κ3) is 1.94. The number of piperidine rings is 1. The molecule has 3 rings (SSSR count). The average Bonchev–Trinajstić information content (AvgIpc) is 3.01. The normalized spacial score (nSPS) is 23.2. The first-order chi connectivity index (χ1) is 8.29. The molecule has 0 saturated carbocycles. The molecule has 17 heavy (non-hydrogen) atoms. The maximum Gasteiger partial charge on any atom is 0.291 e. The number of aromatic nitrogens is 1. The van der Waals surface area contributed by atoms with Gasteiger partial charge >= 0.3 is 0 Å². The first kappa shape index (κ1) is 10.7. The fourth-order valence-corrected chi connectivity index (χ4v) is 2.31. The van der Waals surface area contributed by atoms with Crippen molar-refractivity contribution in [2.45, 2.75) is 18.6 Å². The van der Waals surface area contributed by atoms with Crippen molar-refractivity contribution in [1.82, 2.24) is 9.88 Å². The van der Waals surface area contributed by atoms with E-state index in [4.69, 9.17) is 13.9 Å². The second-order valence-electron chi connectivity index (χ2n) is 4.27. The molecule has 1 aromatic rings. The molecule has 0 N–H and O–H groups in total. The molecule has 2 aliphatic rings. The van der Waals surface area contributed by atoms with Gasteiger partial charge in [0.15, 0.2) is 12.2 Å². The summed E-state index contributed by atoms with van der Waals surface area (Å²) >= 11 is 0. The lowest BCUT2D eigenvalue weighted by molar-refractivity contribution is -0.181. The molecule has 6 nitrogen and oxygen atoms in total. The molecular formula is C11H14N2O4. The molecule has 0 unspecified atom stereocenters. The molecule has 92 valence electrons. The van der Waals surface area contributed by atoms with Gasteiger partial charge < -0.3 is 18.8 Å². The van der Waals surface area contributed by atoms with Gasteiger partial charge in [-0.3, -0.25) is 4.79 Å². The Morgan fingerprint density at radius 1 is 1.29 bits per heavy atom. The Morgan fingerprint density at radius 3 is 2.59 bits per heavy atom. The van der Waals surface area contributed by atoms with E-state index in [2.05, 4.69) is 4.98 Å². The lowest BCUT2D eigenvalue weighted by Crippen LogP contribution is -2.47. The summed E-state index contributed by atoms with van der Waals surface area (Å²) in [6, 6.07) is 0. The van der Waals surface area contributed by atoms with Crippen molar-refractivity contribution in [1.29, 1.82) is 0 Å². The molecule has 3 heterocycles. The smallest absolute Gasteiger partial charge is 0.291 e. The number of hydrogen-bond acceptors (Lipinski definition) is 5. The van der Waals surface area contributed by atoms with Crippen molar-refractivity contribution in [3.05, 3.63) is 18.4 Å². The summed E-state index contributed by atoms with van der Waals surface area (Å²) in [4.78, 5) is 17.5. The zero-order valence-corrected chi connectivity index (χ0v) is 9.42. The fourth-order valence-electron chi connectivity index (χ4n) is 2.31. The fraction of sp³-hybridized carbons (Fsp3) is 0.636. The van der Waals surface area contributed by atoms with Gasteiger partial charge in [0, 0.05) is 25.9 Å². The van der Waals surface area contributed by atoms with E-state index in [1.54, 1.807) is 4.90 Å². The summed E-state index contributed by atoms with van der Waals surface area (Å²) < 4.78 is 16.2. The van der Waals surface area contributed by atoms with Gasteiger partial charge in [0.1, 0.15) is 0 Å². The SMILES string of the molecule is O=C(c1cnco1)N1CCC2(CC1)OCCO2. The van der Waals surface area contributed by atoms with Gasteiger partial charge in [-0.1, -0.05) is 0 Å². The van der Waals surface area contributed by atoms with E-state index in [0.717, 1.165) is 0 Å². The zero-order valence-electron chi connectivity index (χ0n) is 9.42. The van der Waals surface area contributed by atoms with Gasteiger partial charge in [-0.25, -0.2) is 4.98 Å². The molecule has 2 saturated heterocycles. The van der Waals surface area contributed by atoms with E-state index in [-0.39, 0.29) is 11.7 Å². The number of ether oxygens (including phenoxy) is 2. The summed E-state index contributed by atoms with van der Waals surface area (Å²) in [5.74, 6) is -0.275. The predicted octanol–water partition coefficient (Wildman–Crippen LogP) is 0.654. The van der Waals surface area contributed by atoms with Crippen LogP contribution in [0.4, 0.5) is 0 Å². The predicted molar refractivity (Wildman–Crippen MR) is 56.3 cm³/mol. The Kier molecular flexibility index (Phi) is 2.60. The van der Waals surface area contributed by atoms with Gasteiger partial charge in [-0.05, 0) is 0 Å². The summed E-state index contributed by atoms with van der Waals surface area (Å²) in [5.41, 5.74) is 0. The number of rotatable bonds is 1. The van der Waals surface area contributed by atoms with E-state index in [1.807, 2.05) is 0 Å². The molecule has 1 amide bonds. The van der Waals surface area contributed by atoms with Crippen LogP contribution in [0, 0.1) is 0 Å². The number of amides is 1. The molecule has 0 aliphatic carbocycles. The van der Waals surface area contributed by atoms with E-state index >= 15 is 0 Å². The Balaban J connectivity index is 1.63. The van der Waals surface area contributed by atoms with Crippen molar-refractivity contribution >= 4 is 5.91 Å². The van der Waals surface area contributed by atoms with E-state index in [9.17, 15) is 4.79 Å². The maximum absolute atomic E-state index is 12.0. The molecule has 2 aliphatic heterocycles. The molecule has 0 radical (unpaired) electrons. The average molecular weight is 238 g/mol. The van der Waals surface area contributed by atoms with Crippen LogP contribution in [-0.4, -0.2) is 47.9 Å². The van der Waals surface area contributed by atoms with Crippen LogP contribution in [-0.2, 0) is 9.47 Å². The highest BCUT2D eigenvalue weighted by Gasteiger charge is 2.41. The van der Waals surface area contributed by atoms with Gasteiger partial charge in [-0.2, -0.15) is 0 Å². The van der Waals surface area contributed by atoms with Gasteiger partial charge in [0.05, 0.1) is 19.4 Å². The number of oxazole rings is 1. The first-order valence-electron chi connectivity index (χ1n) is 5.75. The Morgan fingerprint density at radius 2 is 2.00 bits per heavy atom. The number of carbonyl (C=O) groups excluding carboxylic acids is 1. The number of nitrogens with zero attached hydrogens (tertiary/aromatic N) is 2. The minimum Gasteiger partial charge on any atom is -0.438 e. The molecule has 2 fully saturated rings. The Labute approximate surface area is 98.5 Å². The minimum absolute atomic E-state index is 0.115. The van der Waals surface area contributed by atoms with Crippen molar-refractivity contribution < 1.29 is 18.7 Å². The van der Waals surface area contributed by atoms with Gasteiger partial charge in [0.2, 0.25) is 5.76 Å². The van der Waals surface area contributed by atoms with E-state index in [0.29, 0.717) is 39.1 Å². The van der Waals surface area contributed by atoms with Crippen molar-refractivity contribution in [3.8, 4) is 0 Å². The monoisotopic (exact) mass is 238 g/mol. The summed E-state index contributed by atoms with van der Waals surface area (Å²) in [6.07, 6.45) is 4.14. The second-order valence-corrected chi connectivity index (χ2v) is 4.27. The van der Waals surface area contributed by atoms with Crippen LogP contribution in [0.5, 0.6) is 0 Å². The standard InChI is InChI=1S/C11H14N2O4/c14-10(9-7-12-8-15-9)13-3-1-11(2-4-13)16-5-6-17-11/h7-8H,1-6H2. The number of hydrogen-bond donors (Lipinski definition) is 0. The van der Waals surface area contributed by atoms with Crippen molar-refractivity contribution in [2.75, 3.05) is 26.3 Å². The summed E-state index contributed by atoms with van der Waals surface area (Å²) in [6.45, 7) is 2.55. The summed E-state index contributed by atoms with van der Waals surface area (Å²) in [7, 11) is 0. The maximum atomic E-state index is 12.0. The Bertz CT molecular complexity index is 388. The highest BCUT2D eigenvalue weighted by Crippen LogP contribution is 2.31. The largest absolute Gasteiger partial charge is 0.438 e. The quantitative estimate of drug-likeness (QED) is 0.719. The molecule has 0 aromatic carbocycles. The minimum atomic E-state index is -0.446. The topological polar surface area (TPSA) is 64.8 Å². The number of carbonyl (C=O) groups is 1. The van der Waals surface area contributed by atoms with Crippen LogP contribution in [0.25, 0.3) is 0 Å². The summed E-state index contributed by atoms with van der Waals surface area (Å²) in [5, 5.41) is 0. The van der Waals surface area contributed by atoms with E-state index in [1.165, 1.54) is 12.6 Å². The lowest BCUT2D eigenvalue weighted by Gasteiger charge is -2.37. The van der Waals surface area contributed by atoms with Crippen LogP contribution >= 0.6 is 0 Å². The molecule has 1 aromatic heterocycles. The molecule has 0 bridgehead atoms. The number of likely N-dealkylation sites (tertiary alicyclic amines) is 1. The third-order valence-corrected chi connectivity index (χ3v) is 3.27. The third-order valence-electron chi connectivity index (χ3n) is 3.27. The van der Waals surface area contributed by atoms with Crippen molar-refractivity contribution in [3.63, 3.8) is 0 Å². The molecular weight excluding hydrogens is 224 g/mol. The van der Waals surface area contributed by atoms with Crippen LogP contribution in [0.3, 0.4) is 0 Å². The molecule has 6 heteroatoms. The van der Waals surface area contributed by atoms with Gasteiger partial charge in [-0.15, -0.1) is 0 Å². The van der Waals surface area contributed by atoms with Crippen LogP contribution in [0.1, 0.15) is 23.4 Å². The van der Waals surface area contributed by atoms with Crippen LogP contribution in [0.2, 0.25) is 0 Å². The highest BCUT2D eigenvalue weighted by atomic mass is 16.7. The lowest BCUT2D eigenvalue weighted by atomic mass is 10.0. The van der Waals surface area contributed by atoms with Crippen molar-refractivity contribution in [2.24, 2.45) is 0 Å². The van der Waals surface area contributed by atoms with Crippen LogP contribution in [0.15, 0.2) is 17.0 Å². The molecule has 1 spiro atoms. The van der Waals surface area contributed by atoms with E-state index < -0.39 is 5.79 Å². The molecule has 0 atom stereocenters. The highest BCUT2D eigenvalue weighted by molar-refractivity contribution is 5.91. The second kappa shape index (κ2) is 4.12.